The van der Waals surface area contributed by atoms with Crippen molar-refractivity contribution in [2.75, 3.05) is 23.3 Å². The first kappa shape index (κ1) is 22.6. The molecule has 3 rings (SSSR count). The lowest BCUT2D eigenvalue weighted by Crippen LogP contribution is -2.15. The Morgan fingerprint density at radius 1 is 0.935 bits per heavy atom. The van der Waals surface area contributed by atoms with Crippen LogP contribution in [0.15, 0.2) is 64.2 Å². The van der Waals surface area contributed by atoms with Crippen molar-refractivity contribution in [1.29, 1.82) is 0 Å². The van der Waals surface area contributed by atoms with E-state index < -0.39 is 10.0 Å². The van der Waals surface area contributed by atoms with Crippen LogP contribution < -0.4 is 19.5 Å². The third kappa shape index (κ3) is 6.22. The Balaban J connectivity index is 1.61. The van der Waals surface area contributed by atoms with Gasteiger partial charge in [0, 0.05) is 17.4 Å². The van der Waals surface area contributed by atoms with Gasteiger partial charge in [0.25, 0.3) is 10.0 Å². The van der Waals surface area contributed by atoms with Crippen molar-refractivity contribution in [1.82, 2.24) is 0 Å². The van der Waals surface area contributed by atoms with Gasteiger partial charge in [-0.05, 0) is 55.1 Å². The largest absolute Gasteiger partial charge is 0.490 e. The molecule has 31 heavy (non-hydrogen) atoms. The van der Waals surface area contributed by atoms with Gasteiger partial charge in [0.05, 0.1) is 19.6 Å². The topological polar surface area (TPSA) is 93.7 Å². The van der Waals surface area contributed by atoms with Gasteiger partial charge in [-0.25, -0.2) is 8.42 Å². The molecule has 0 bridgehead atoms. The van der Waals surface area contributed by atoms with Crippen LogP contribution in [-0.2, 0) is 21.2 Å². The Morgan fingerprint density at radius 2 is 1.61 bits per heavy atom. The molecular weight excluding hydrogens is 436 g/mol. The fourth-order valence-corrected chi connectivity index (χ4v) is 4.88. The highest BCUT2D eigenvalue weighted by atomic mass is 32.2. The van der Waals surface area contributed by atoms with Crippen molar-refractivity contribution in [3.63, 3.8) is 0 Å². The predicted molar refractivity (Wildman–Crippen MR) is 123 cm³/mol. The van der Waals surface area contributed by atoms with Crippen LogP contribution in [0.3, 0.4) is 0 Å². The summed E-state index contributed by atoms with van der Waals surface area (Å²) in [5.41, 5.74) is 1.80. The molecule has 2 N–H and O–H groups in total. The third-order valence-corrected chi connectivity index (χ3v) is 6.94. The van der Waals surface area contributed by atoms with Crippen LogP contribution in [0.4, 0.5) is 11.4 Å². The average Bonchev–Trinajstić information content (AvgIpc) is 3.28. The molecule has 7 nitrogen and oxygen atoms in total. The van der Waals surface area contributed by atoms with E-state index in [-0.39, 0.29) is 16.5 Å². The molecule has 1 amide bonds. The number of ether oxygens (including phenoxy) is 2. The van der Waals surface area contributed by atoms with Crippen LogP contribution in [0.2, 0.25) is 0 Å². The standard InChI is InChI=1S/C22H24N2O5S2/c1-3-28-19-12-11-18(15-20(19)29-4-2)23-21(25)14-16-7-9-17(10-8-16)24-31(26,27)22-6-5-13-30-22/h5-13,15,24H,3-4,14H2,1-2H3,(H,23,25). The maximum absolute atomic E-state index is 12.4. The molecule has 1 aromatic heterocycles. The van der Waals surface area contributed by atoms with Crippen molar-refractivity contribution < 1.29 is 22.7 Å². The van der Waals surface area contributed by atoms with Gasteiger partial charge in [-0.1, -0.05) is 18.2 Å². The minimum Gasteiger partial charge on any atom is -0.490 e. The van der Waals surface area contributed by atoms with E-state index in [0.29, 0.717) is 36.1 Å². The van der Waals surface area contributed by atoms with Crippen molar-refractivity contribution in [2.45, 2.75) is 24.5 Å². The summed E-state index contributed by atoms with van der Waals surface area (Å²) in [4.78, 5) is 12.4. The average molecular weight is 461 g/mol. The van der Waals surface area contributed by atoms with Crippen molar-refractivity contribution >= 4 is 38.6 Å². The lowest BCUT2D eigenvalue weighted by molar-refractivity contribution is -0.115. The van der Waals surface area contributed by atoms with Crippen LogP contribution in [0.1, 0.15) is 19.4 Å². The molecule has 9 heteroatoms. The number of hydrogen-bond acceptors (Lipinski definition) is 6. The van der Waals surface area contributed by atoms with Crippen LogP contribution in [0.5, 0.6) is 11.5 Å². The molecular formula is C22H24N2O5S2. The molecule has 0 unspecified atom stereocenters. The van der Waals surface area contributed by atoms with E-state index in [1.807, 2.05) is 13.8 Å². The molecule has 0 aliphatic heterocycles. The zero-order chi connectivity index (χ0) is 22.3. The number of carbonyl (C=O) groups excluding carboxylic acids is 1. The Labute approximate surface area is 186 Å². The van der Waals surface area contributed by atoms with Gasteiger partial charge in [0.15, 0.2) is 11.5 Å². The van der Waals surface area contributed by atoms with Gasteiger partial charge in [-0.2, -0.15) is 0 Å². The second-order valence-electron chi connectivity index (χ2n) is 6.49. The molecule has 0 fully saturated rings. The number of rotatable bonds is 10. The Morgan fingerprint density at radius 3 is 2.26 bits per heavy atom. The highest BCUT2D eigenvalue weighted by molar-refractivity contribution is 7.94. The van der Waals surface area contributed by atoms with Gasteiger partial charge in [-0.3, -0.25) is 9.52 Å². The molecule has 0 saturated carbocycles. The summed E-state index contributed by atoms with van der Waals surface area (Å²) in [6, 6.07) is 15.2. The molecule has 0 aliphatic rings. The number of anilines is 2. The van der Waals surface area contributed by atoms with Gasteiger partial charge in [-0.15, -0.1) is 11.3 Å². The van der Waals surface area contributed by atoms with Crippen LogP contribution in [0.25, 0.3) is 0 Å². The zero-order valence-electron chi connectivity index (χ0n) is 17.3. The van der Waals surface area contributed by atoms with E-state index in [2.05, 4.69) is 10.0 Å². The molecule has 0 saturated heterocycles. The number of benzene rings is 2. The van der Waals surface area contributed by atoms with Gasteiger partial charge < -0.3 is 14.8 Å². The predicted octanol–water partition coefficient (Wildman–Crippen LogP) is 4.53. The quantitative estimate of drug-likeness (QED) is 0.464. The first-order chi connectivity index (χ1) is 14.9. The van der Waals surface area contributed by atoms with E-state index in [1.165, 1.54) is 0 Å². The fraction of sp³-hybridized carbons (Fsp3) is 0.227. The zero-order valence-corrected chi connectivity index (χ0v) is 18.9. The summed E-state index contributed by atoms with van der Waals surface area (Å²) in [5, 5.41) is 4.55. The molecule has 1 heterocycles. The minimum atomic E-state index is -3.60. The Kier molecular flexibility index (Phi) is 7.54. The second kappa shape index (κ2) is 10.3. The normalized spacial score (nSPS) is 11.0. The number of hydrogen-bond donors (Lipinski definition) is 2. The van der Waals surface area contributed by atoms with Gasteiger partial charge in [0.2, 0.25) is 5.91 Å². The van der Waals surface area contributed by atoms with Crippen LogP contribution in [0, 0.1) is 0 Å². The van der Waals surface area contributed by atoms with E-state index in [0.717, 1.165) is 16.9 Å². The van der Waals surface area contributed by atoms with Gasteiger partial charge >= 0.3 is 0 Å². The first-order valence-electron chi connectivity index (χ1n) is 9.76. The van der Waals surface area contributed by atoms with Crippen molar-refractivity contribution in [2.24, 2.45) is 0 Å². The number of sulfonamides is 1. The number of carbonyl (C=O) groups is 1. The lowest BCUT2D eigenvalue weighted by Gasteiger charge is -2.13. The van der Waals surface area contributed by atoms with E-state index in [9.17, 15) is 13.2 Å². The Bertz CT molecular complexity index is 1110. The summed E-state index contributed by atoms with van der Waals surface area (Å²) < 4.78 is 38.5. The van der Waals surface area contributed by atoms with E-state index >= 15 is 0 Å². The lowest BCUT2D eigenvalue weighted by atomic mass is 10.1. The maximum Gasteiger partial charge on any atom is 0.271 e. The third-order valence-electron chi connectivity index (χ3n) is 4.16. The second-order valence-corrected chi connectivity index (χ2v) is 9.34. The molecule has 2 aromatic carbocycles. The summed E-state index contributed by atoms with van der Waals surface area (Å²) in [7, 11) is -3.60. The van der Waals surface area contributed by atoms with Crippen LogP contribution >= 0.6 is 11.3 Å². The fourth-order valence-electron chi connectivity index (χ4n) is 2.83. The molecule has 0 atom stereocenters. The highest BCUT2D eigenvalue weighted by Crippen LogP contribution is 2.30. The van der Waals surface area contributed by atoms with E-state index in [1.54, 1.807) is 60.0 Å². The number of nitrogens with one attached hydrogen (secondary N) is 2. The SMILES string of the molecule is CCOc1ccc(NC(=O)Cc2ccc(NS(=O)(=O)c3cccs3)cc2)cc1OCC. The Hall–Kier alpha value is -3.04. The maximum atomic E-state index is 12.4. The highest BCUT2D eigenvalue weighted by Gasteiger charge is 2.15. The van der Waals surface area contributed by atoms with Crippen molar-refractivity contribution in [3.05, 3.63) is 65.5 Å². The molecule has 3 aromatic rings. The minimum absolute atomic E-state index is 0.148. The number of amides is 1. The molecule has 0 radical (unpaired) electrons. The smallest absolute Gasteiger partial charge is 0.271 e. The summed E-state index contributed by atoms with van der Waals surface area (Å²) in [5.74, 6) is 1.01. The molecule has 0 spiro atoms. The summed E-state index contributed by atoms with van der Waals surface area (Å²) in [6.07, 6.45) is 0.148. The monoisotopic (exact) mass is 460 g/mol. The van der Waals surface area contributed by atoms with Gasteiger partial charge in [0.1, 0.15) is 4.21 Å². The van der Waals surface area contributed by atoms with Crippen molar-refractivity contribution in [3.8, 4) is 11.5 Å². The summed E-state index contributed by atoms with van der Waals surface area (Å²) >= 11 is 1.15. The first-order valence-corrected chi connectivity index (χ1v) is 12.1. The number of thiophene rings is 1. The molecule has 0 aliphatic carbocycles. The molecule has 164 valence electrons. The van der Waals surface area contributed by atoms with E-state index in [4.69, 9.17) is 9.47 Å². The van der Waals surface area contributed by atoms with Crippen LogP contribution in [-0.4, -0.2) is 27.5 Å². The summed E-state index contributed by atoms with van der Waals surface area (Å²) in [6.45, 7) is 4.78.